The summed E-state index contributed by atoms with van der Waals surface area (Å²) in [5, 5.41) is 6.30. The fourth-order valence-electron chi connectivity index (χ4n) is 7.95. The molecule has 0 atom stereocenters. The van der Waals surface area contributed by atoms with Crippen LogP contribution < -0.4 is 5.19 Å². The van der Waals surface area contributed by atoms with Crippen molar-refractivity contribution in [2.45, 2.75) is 19.6 Å². The number of hydrogen-bond donors (Lipinski definition) is 0. The Kier molecular flexibility index (Phi) is 7.46. The van der Waals surface area contributed by atoms with Crippen LogP contribution in [0.3, 0.4) is 0 Å². The van der Waals surface area contributed by atoms with Gasteiger partial charge in [0.15, 0.2) is 0 Å². The predicted molar refractivity (Wildman–Crippen MR) is 230 cm³/mol. The zero-order valence-electron chi connectivity index (χ0n) is 30.5. The van der Waals surface area contributed by atoms with Crippen molar-refractivity contribution >= 4 is 56.9 Å². The van der Waals surface area contributed by atoms with E-state index in [-0.39, 0.29) is 0 Å². The standard InChI is InChI=1S/C49H38N4Si/c1-54(2,3)38-26-24-37(25-27-38)52-45-20-12-11-19-40(45)42-30-35(23-29-47(42)52)36-22-28-41-39-18-10-13-21-46(39)53(48(41)31-36)49-50-43(33-14-6-4-7-15-33)32-44(51-49)34-16-8-5-9-17-34/h4-32H,1-3H3. The minimum Gasteiger partial charge on any atom is -0.309 e. The highest BCUT2D eigenvalue weighted by Gasteiger charge is 2.20. The Hall–Kier alpha value is -6.56. The largest absolute Gasteiger partial charge is 0.309 e. The lowest BCUT2D eigenvalue weighted by atomic mass is 10.0. The zero-order chi connectivity index (χ0) is 36.4. The lowest BCUT2D eigenvalue weighted by molar-refractivity contribution is 0.996. The monoisotopic (exact) mass is 710 g/mol. The van der Waals surface area contributed by atoms with Gasteiger partial charge in [-0.05, 0) is 59.7 Å². The van der Waals surface area contributed by atoms with Crippen LogP contribution >= 0.6 is 0 Å². The molecule has 0 saturated heterocycles. The summed E-state index contributed by atoms with van der Waals surface area (Å²) in [6.45, 7) is 7.20. The molecule has 0 N–H and O–H groups in total. The van der Waals surface area contributed by atoms with Crippen LogP contribution in [-0.4, -0.2) is 27.2 Å². The second kappa shape index (κ2) is 12.5. The molecule has 10 aromatic rings. The van der Waals surface area contributed by atoms with E-state index in [0.717, 1.165) is 39.1 Å². The summed E-state index contributed by atoms with van der Waals surface area (Å²) in [6.07, 6.45) is 0. The molecule has 0 unspecified atom stereocenters. The molecule has 0 amide bonds. The maximum atomic E-state index is 5.25. The van der Waals surface area contributed by atoms with Gasteiger partial charge in [0.05, 0.1) is 41.5 Å². The molecule has 0 aliphatic heterocycles. The summed E-state index contributed by atoms with van der Waals surface area (Å²) < 4.78 is 4.65. The minimum absolute atomic E-state index is 0.650. The smallest absolute Gasteiger partial charge is 0.235 e. The summed E-state index contributed by atoms with van der Waals surface area (Å²) in [6, 6.07) is 63.2. The number of aromatic nitrogens is 4. The molecule has 3 heterocycles. The molecule has 10 rings (SSSR count). The molecule has 5 heteroatoms. The maximum Gasteiger partial charge on any atom is 0.235 e. The Morgan fingerprint density at radius 1 is 0.370 bits per heavy atom. The van der Waals surface area contributed by atoms with Crippen molar-refractivity contribution in [2.24, 2.45) is 0 Å². The van der Waals surface area contributed by atoms with Gasteiger partial charge in [0, 0.05) is 38.4 Å². The van der Waals surface area contributed by atoms with Crippen LogP contribution in [0.25, 0.3) is 88.9 Å². The molecule has 0 saturated carbocycles. The number of para-hydroxylation sites is 2. The van der Waals surface area contributed by atoms with Gasteiger partial charge in [0.2, 0.25) is 5.95 Å². The van der Waals surface area contributed by atoms with Crippen LogP contribution in [0.2, 0.25) is 19.6 Å². The molecule has 4 nitrogen and oxygen atoms in total. The minimum atomic E-state index is -1.41. The highest BCUT2D eigenvalue weighted by molar-refractivity contribution is 6.88. The number of nitrogens with zero attached hydrogens (tertiary/aromatic N) is 4. The van der Waals surface area contributed by atoms with E-state index in [1.807, 2.05) is 12.1 Å². The molecule has 0 radical (unpaired) electrons. The van der Waals surface area contributed by atoms with Crippen LogP contribution in [-0.2, 0) is 0 Å². The van der Waals surface area contributed by atoms with Gasteiger partial charge < -0.3 is 4.57 Å². The van der Waals surface area contributed by atoms with Crippen LogP contribution in [0, 0.1) is 0 Å². The van der Waals surface area contributed by atoms with Crippen molar-refractivity contribution in [1.29, 1.82) is 0 Å². The average molecular weight is 711 g/mol. The van der Waals surface area contributed by atoms with Crippen molar-refractivity contribution in [3.8, 4) is 45.3 Å². The van der Waals surface area contributed by atoms with Crippen molar-refractivity contribution in [2.75, 3.05) is 0 Å². The maximum absolute atomic E-state index is 5.25. The predicted octanol–water partition coefficient (Wildman–Crippen LogP) is 12.2. The van der Waals surface area contributed by atoms with Crippen LogP contribution in [0.4, 0.5) is 0 Å². The molecular formula is C49H38N4Si. The molecule has 3 aromatic heterocycles. The van der Waals surface area contributed by atoms with Crippen molar-refractivity contribution in [3.05, 3.63) is 176 Å². The fourth-order valence-corrected chi connectivity index (χ4v) is 9.12. The van der Waals surface area contributed by atoms with E-state index < -0.39 is 8.07 Å². The highest BCUT2D eigenvalue weighted by atomic mass is 28.3. The third-order valence-corrected chi connectivity index (χ3v) is 12.8. The Balaban J connectivity index is 1.17. The molecule has 7 aromatic carbocycles. The molecule has 0 aliphatic carbocycles. The number of hydrogen-bond acceptors (Lipinski definition) is 2. The highest BCUT2D eigenvalue weighted by Crippen LogP contribution is 2.38. The first kappa shape index (κ1) is 32.1. The van der Waals surface area contributed by atoms with Gasteiger partial charge in [-0.3, -0.25) is 4.57 Å². The Morgan fingerprint density at radius 2 is 0.870 bits per heavy atom. The van der Waals surface area contributed by atoms with Gasteiger partial charge in [0.25, 0.3) is 0 Å². The van der Waals surface area contributed by atoms with E-state index in [4.69, 9.17) is 9.97 Å². The normalized spacial score (nSPS) is 12.0. The topological polar surface area (TPSA) is 35.6 Å². The first-order valence-corrected chi connectivity index (χ1v) is 22.1. The summed E-state index contributed by atoms with van der Waals surface area (Å²) in [7, 11) is -1.41. The number of benzene rings is 7. The van der Waals surface area contributed by atoms with Gasteiger partial charge in [-0.15, -0.1) is 0 Å². The van der Waals surface area contributed by atoms with Crippen molar-refractivity contribution in [3.63, 3.8) is 0 Å². The second-order valence-electron chi connectivity index (χ2n) is 15.1. The lowest BCUT2D eigenvalue weighted by Crippen LogP contribution is -2.37. The summed E-state index contributed by atoms with van der Waals surface area (Å²) in [5.74, 6) is 0.650. The molecule has 0 spiro atoms. The second-order valence-corrected chi connectivity index (χ2v) is 20.2. The first-order valence-electron chi connectivity index (χ1n) is 18.6. The Bertz CT molecular complexity index is 2950. The molecule has 54 heavy (non-hydrogen) atoms. The molecule has 0 fully saturated rings. The van der Waals surface area contributed by atoms with Gasteiger partial charge in [-0.25, -0.2) is 9.97 Å². The lowest BCUT2D eigenvalue weighted by Gasteiger charge is -2.17. The number of rotatable bonds is 6. The summed E-state index contributed by atoms with van der Waals surface area (Å²) in [4.78, 5) is 10.5. The first-order chi connectivity index (χ1) is 26.4. The van der Waals surface area contributed by atoms with Gasteiger partial charge >= 0.3 is 0 Å². The van der Waals surface area contributed by atoms with E-state index in [9.17, 15) is 0 Å². The third kappa shape index (κ3) is 5.36. The third-order valence-electron chi connectivity index (χ3n) is 10.7. The molecule has 0 bridgehead atoms. The summed E-state index contributed by atoms with van der Waals surface area (Å²) in [5.41, 5.74) is 12.0. The van der Waals surface area contributed by atoms with Crippen molar-refractivity contribution < 1.29 is 0 Å². The quantitative estimate of drug-likeness (QED) is 0.161. The Labute approximate surface area is 315 Å². The molecular weight excluding hydrogens is 673 g/mol. The Morgan fingerprint density at radius 3 is 1.50 bits per heavy atom. The molecule has 258 valence electrons. The fraction of sp³-hybridized carbons (Fsp3) is 0.0612. The van der Waals surface area contributed by atoms with E-state index in [1.54, 1.807) is 0 Å². The van der Waals surface area contributed by atoms with Crippen LogP contribution in [0.5, 0.6) is 0 Å². The van der Waals surface area contributed by atoms with E-state index in [2.05, 4.69) is 193 Å². The van der Waals surface area contributed by atoms with Gasteiger partial charge in [-0.1, -0.05) is 152 Å². The van der Waals surface area contributed by atoms with Crippen LogP contribution in [0.1, 0.15) is 0 Å². The molecule has 0 aliphatic rings. The average Bonchev–Trinajstić information content (AvgIpc) is 3.73. The summed E-state index contributed by atoms with van der Waals surface area (Å²) >= 11 is 0. The van der Waals surface area contributed by atoms with E-state index >= 15 is 0 Å². The van der Waals surface area contributed by atoms with Crippen molar-refractivity contribution in [1.82, 2.24) is 19.1 Å². The van der Waals surface area contributed by atoms with Gasteiger partial charge in [0.1, 0.15) is 0 Å². The van der Waals surface area contributed by atoms with E-state index in [1.165, 1.54) is 49.0 Å². The SMILES string of the molecule is C[Si](C)(C)c1ccc(-n2c3ccccc3c3cc(-c4ccc5c6ccccc6n(-c6nc(-c7ccccc7)cc(-c7ccccc7)n6)c5c4)ccc32)cc1. The van der Waals surface area contributed by atoms with E-state index in [0.29, 0.717) is 5.95 Å². The van der Waals surface area contributed by atoms with Crippen LogP contribution in [0.15, 0.2) is 176 Å². The van der Waals surface area contributed by atoms with Gasteiger partial charge in [-0.2, -0.15) is 0 Å². The zero-order valence-corrected chi connectivity index (χ0v) is 31.5. The number of fused-ring (bicyclic) bond motifs is 6.